The largest absolute Gasteiger partial charge is 0.481 e. The van der Waals surface area contributed by atoms with Gasteiger partial charge in [0.05, 0.1) is 0 Å². The summed E-state index contributed by atoms with van der Waals surface area (Å²) in [6, 6.07) is 0. The third-order valence-electron chi connectivity index (χ3n) is 3.23. The summed E-state index contributed by atoms with van der Waals surface area (Å²) in [6.45, 7) is 2.07. The highest BCUT2D eigenvalue weighted by Crippen LogP contribution is 2.34. The Morgan fingerprint density at radius 2 is 2.25 bits per heavy atom. The van der Waals surface area contributed by atoms with Crippen LogP contribution in [0.1, 0.15) is 45.4 Å². The number of allylic oxidation sites excluding steroid dienone is 2. The van der Waals surface area contributed by atoms with E-state index in [-0.39, 0.29) is 24.0 Å². The lowest BCUT2D eigenvalue weighted by molar-refractivity contribution is -0.138. The third kappa shape index (κ3) is 3.80. The highest BCUT2D eigenvalue weighted by molar-refractivity contribution is 5.84. The maximum atomic E-state index is 11.6. The summed E-state index contributed by atoms with van der Waals surface area (Å²) in [4.78, 5) is 22.3. The van der Waals surface area contributed by atoms with Gasteiger partial charge >= 0.3 is 5.97 Å². The van der Waals surface area contributed by atoms with Gasteiger partial charge in [-0.05, 0) is 31.6 Å². The Balaban J connectivity index is 2.43. The van der Waals surface area contributed by atoms with Gasteiger partial charge in [-0.3, -0.25) is 9.59 Å². The summed E-state index contributed by atoms with van der Waals surface area (Å²) >= 11 is 0. The molecule has 0 saturated heterocycles. The van der Waals surface area contributed by atoms with Crippen LogP contribution in [-0.4, -0.2) is 16.9 Å². The van der Waals surface area contributed by atoms with Crippen molar-refractivity contribution in [1.82, 2.24) is 0 Å². The topological polar surface area (TPSA) is 54.4 Å². The molecule has 1 fully saturated rings. The average molecular weight is 224 g/mol. The number of Topliss-reactive ketones (excluding diaryl/α,β-unsaturated/α-hetero) is 1. The number of hydrogen-bond donors (Lipinski definition) is 1. The van der Waals surface area contributed by atoms with E-state index in [2.05, 4.69) is 19.1 Å². The molecule has 2 unspecified atom stereocenters. The molecule has 1 saturated carbocycles. The van der Waals surface area contributed by atoms with Gasteiger partial charge in [-0.25, -0.2) is 0 Å². The first-order chi connectivity index (χ1) is 7.65. The van der Waals surface area contributed by atoms with Crippen LogP contribution >= 0.6 is 0 Å². The van der Waals surface area contributed by atoms with Gasteiger partial charge in [0.15, 0.2) is 0 Å². The van der Waals surface area contributed by atoms with Gasteiger partial charge in [-0.15, -0.1) is 0 Å². The second-order valence-corrected chi connectivity index (χ2v) is 4.43. The molecule has 90 valence electrons. The van der Waals surface area contributed by atoms with Gasteiger partial charge < -0.3 is 5.11 Å². The minimum atomic E-state index is -0.784. The number of carbonyl (C=O) groups is 2. The molecule has 0 aliphatic heterocycles. The fourth-order valence-electron chi connectivity index (χ4n) is 2.40. The van der Waals surface area contributed by atoms with Crippen LogP contribution < -0.4 is 0 Å². The summed E-state index contributed by atoms with van der Waals surface area (Å²) in [5.74, 6) is -0.470. The van der Waals surface area contributed by atoms with Crippen LogP contribution in [0, 0.1) is 11.8 Å². The molecule has 0 aromatic heterocycles. The SMILES string of the molecule is CC/C=C/CCC1C(=O)CCC1CC(=O)O. The smallest absolute Gasteiger partial charge is 0.303 e. The van der Waals surface area contributed by atoms with Crippen molar-refractivity contribution in [2.24, 2.45) is 11.8 Å². The lowest BCUT2D eigenvalue weighted by atomic mass is 9.88. The van der Waals surface area contributed by atoms with Crippen molar-refractivity contribution in [2.75, 3.05) is 0 Å². The zero-order valence-corrected chi connectivity index (χ0v) is 9.82. The quantitative estimate of drug-likeness (QED) is 0.706. The lowest BCUT2D eigenvalue weighted by Gasteiger charge is -2.15. The number of rotatable bonds is 6. The van der Waals surface area contributed by atoms with Crippen molar-refractivity contribution in [2.45, 2.75) is 45.4 Å². The van der Waals surface area contributed by atoms with E-state index in [1.54, 1.807) is 0 Å². The number of aliphatic carboxylic acids is 1. The monoisotopic (exact) mass is 224 g/mol. The molecule has 0 heterocycles. The number of hydrogen-bond acceptors (Lipinski definition) is 2. The Bertz CT molecular complexity index is 281. The summed E-state index contributed by atoms with van der Waals surface area (Å²) in [7, 11) is 0. The minimum Gasteiger partial charge on any atom is -0.481 e. The number of carboxylic acids is 1. The van der Waals surface area contributed by atoms with Crippen LogP contribution in [0.25, 0.3) is 0 Å². The highest BCUT2D eigenvalue weighted by atomic mass is 16.4. The van der Waals surface area contributed by atoms with Crippen LogP contribution in [0.15, 0.2) is 12.2 Å². The predicted octanol–water partition coefficient (Wildman–Crippen LogP) is 2.80. The van der Waals surface area contributed by atoms with Crippen molar-refractivity contribution >= 4 is 11.8 Å². The molecule has 2 atom stereocenters. The molecule has 0 aromatic rings. The van der Waals surface area contributed by atoms with Crippen molar-refractivity contribution < 1.29 is 14.7 Å². The minimum absolute atomic E-state index is 0.0161. The Kier molecular flexibility index (Phi) is 5.23. The van der Waals surface area contributed by atoms with Crippen LogP contribution in [-0.2, 0) is 9.59 Å². The van der Waals surface area contributed by atoms with Crippen molar-refractivity contribution in [3.05, 3.63) is 12.2 Å². The number of carboxylic acid groups (broad SMARTS) is 1. The molecule has 0 bridgehead atoms. The Morgan fingerprint density at radius 1 is 1.50 bits per heavy atom. The highest BCUT2D eigenvalue weighted by Gasteiger charge is 2.34. The molecule has 0 aromatic carbocycles. The average Bonchev–Trinajstić information content (AvgIpc) is 2.55. The molecular formula is C13H20O3. The summed E-state index contributed by atoms with van der Waals surface area (Å²) < 4.78 is 0. The van der Waals surface area contributed by atoms with Crippen LogP contribution in [0.5, 0.6) is 0 Å². The van der Waals surface area contributed by atoms with Crippen LogP contribution in [0.2, 0.25) is 0 Å². The molecule has 16 heavy (non-hydrogen) atoms. The van der Waals surface area contributed by atoms with Gasteiger partial charge in [0.25, 0.3) is 0 Å². The normalized spacial score (nSPS) is 25.4. The van der Waals surface area contributed by atoms with Gasteiger partial charge in [0, 0.05) is 18.8 Å². The maximum Gasteiger partial charge on any atom is 0.303 e. The standard InChI is InChI=1S/C13H20O3/c1-2-3-4-5-6-11-10(9-13(15)16)7-8-12(11)14/h3-4,10-11H,2,5-9H2,1H3,(H,15,16)/b4-3+. The van der Waals surface area contributed by atoms with Crippen molar-refractivity contribution in [1.29, 1.82) is 0 Å². The molecule has 0 amide bonds. The third-order valence-corrected chi connectivity index (χ3v) is 3.23. The van der Waals surface area contributed by atoms with Crippen LogP contribution in [0.4, 0.5) is 0 Å². The lowest BCUT2D eigenvalue weighted by Crippen LogP contribution is -2.17. The zero-order valence-electron chi connectivity index (χ0n) is 9.82. The van der Waals surface area contributed by atoms with Gasteiger partial charge in [0.1, 0.15) is 5.78 Å². The van der Waals surface area contributed by atoms with Crippen molar-refractivity contribution in [3.8, 4) is 0 Å². The molecule has 1 aliphatic rings. The van der Waals surface area contributed by atoms with E-state index in [9.17, 15) is 9.59 Å². The first-order valence-electron chi connectivity index (χ1n) is 6.04. The Hall–Kier alpha value is -1.12. The van der Waals surface area contributed by atoms with Crippen LogP contribution in [0.3, 0.4) is 0 Å². The second-order valence-electron chi connectivity index (χ2n) is 4.43. The van der Waals surface area contributed by atoms with E-state index in [4.69, 9.17) is 5.11 Å². The first kappa shape index (κ1) is 12.9. The number of ketones is 1. The van der Waals surface area contributed by atoms with E-state index in [1.807, 2.05) is 0 Å². The van der Waals surface area contributed by atoms with Crippen molar-refractivity contribution in [3.63, 3.8) is 0 Å². The van der Waals surface area contributed by atoms with E-state index < -0.39 is 5.97 Å². The van der Waals surface area contributed by atoms with E-state index in [0.29, 0.717) is 6.42 Å². The van der Waals surface area contributed by atoms with Gasteiger partial charge in [-0.2, -0.15) is 0 Å². The molecule has 0 radical (unpaired) electrons. The number of carbonyl (C=O) groups excluding carboxylic acids is 1. The first-order valence-corrected chi connectivity index (χ1v) is 6.04. The zero-order chi connectivity index (χ0) is 12.0. The molecule has 3 heteroatoms. The summed E-state index contributed by atoms with van der Waals surface area (Å²) in [6.07, 6.45) is 8.36. The van der Waals surface area contributed by atoms with E-state index in [1.165, 1.54) is 0 Å². The Morgan fingerprint density at radius 3 is 2.88 bits per heavy atom. The maximum absolute atomic E-state index is 11.6. The molecule has 0 spiro atoms. The van der Waals surface area contributed by atoms with Gasteiger partial charge in [0.2, 0.25) is 0 Å². The van der Waals surface area contributed by atoms with E-state index >= 15 is 0 Å². The Labute approximate surface area is 96.5 Å². The second kappa shape index (κ2) is 6.46. The summed E-state index contributed by atoms with van der Waals surface area (Å²) in [5, 5.41) is 8.76. The molecular weight excluding hydrogens is 204 g/mol. The molecule has 1 aliphatic carbocycles. The summed E-state index contributed by atoms with van der Waals surface area (Å²) in [5.41, 5.74) is 0. The van der Waals surface area contributed by atoms with E-state index in [0.717, 1.165) is 25.7 Å². The molecule has 3 nitrogen and oxygen atoms in total. The van der Waals surface area contributed by atoms with Gasteiger partial charge in [-0.1, -0.05) is 19.1 Å². The molecule has 1 N–H and O–H groups in total. The predicted molar refractivity (Wildman–Crippen MR) is 62.1 cm³/mol. The fourth-order valence-corrected chi connectivity index (χ4v) is 2.40. The fraction of sp³-hybridized carbons (Fsp3) is 0.692. The molecule has 1 rings (SSSR count).